The third-order valence-electron chi connectivity index (χ3n) is 5.57. The van der Waals surface area contributed by atoms with Gasteiger partial charge < -0.3 is 19.6 Å². The van der Waals surface area contributed by atoms with Gasteiger partial charge in [-0.1, -0.05) is 39.9 Å². The van der Waals surface area contributed by atoms with Gasteiger partial charge in [-0.2, -0.15) is 0 Å². The second-order valence-electron chi connectivity index (χ2n) is 8.99. The highest BCUT2D eigenvalue weighted by atomic mass is 79.9. The van der Waals surface area contributed by atoms with Gasteiger partial charge in [-0.25, -0.2) is 0 Å². The number of nitrogens with one attached hydrogen (secondary N) is 1. The van der Waals surface area contributed by atoms with E-state index < -0.39 is 23.5 Å². The monoisotopic (exact) mass is 514 g/mol. The van der Waals surface area contributed by atoms with E-state index in [1.807, 2.05) is 59.1 Å². The molecule has 1 aliphatic heterocycles. The SMILES string of the molecule is Cc1cc(C([O-])=C2C(=O)C(=O)N(CCC[NH+](C)C)C2c2cccc(Br)c2)ccc1OC(C)C. The van der Waals surface area contributed by atoms with E-state index in [9.17, 15) is 14.7 Å². The quantitative estimate of drug-likeness (QED) is 0.333. The number of ether oxygens (including phenoxy) is 1. The van der Waals surface area contributed by atoms with E-state index in [4.69, 9.17) is 4.74 Å². The van der Waals surface area contributed by atoms with Crippen LogP contribution in [0.15, 0.2) is 52.5 Å². The van der Waals surface area contributed by atoms with Crippen LogP contribution >= 0.6 is 15.9 Å². The molecule has 3 rings (SSSR count). The van der Waals surface area contributed by atoms with Crippen LogP contribution < -0.4 is 14.7 Å². The Morgan fingerprint density at radius 3 is 2.52 bits per heavy atom. The molecule has 0 spiro atoms. The molecule has 1 atom stereocenters. The molecule has 2 aromatic carbocycles. The third kappa shape index (κ3) is 5.65. The van der Waals surface area contributed by atoms with Crippen LogP contribution in [-0.2, 0) is 9.59 Å². The Hall–Kier alpha value is -2.64. The number of ketones is 1. The van der Waals surface area contributed by atoms with Crippen molar-refractivity contribution < 1.29 is 24.3 Å². The first-order chi connectivity index (χ1) is 15.6. The number of hydrogen-bond donors (Lipinski definition) is 1. The van der Waals surface area contributed by atoms with Crippen LogP contribution in [0, 0.1) is 6.92 Å². The van der Waals surface area contributed by atoms with Crippen LogP contribution in [0.4, 0.5) is 0 Å². The molecule has 1 amide bonds. The van der Waals surface area contributed by atoms with Crippen molar-refractivity contribution in [1.29, 1.82) is 0 Å². The fourth-order valence-electron chi connectivity index (χ4n) is 4.06. The summed E-state index contributed by atoms with van der Waals surface area (Å²) < 4.78 is 6.59. The second kappa shape index (κ2) is 10.5. The highest BCUT2D eigenvalue weighted by molar-refractivity contribution is 9.10. The Labute approximate surface area is 204 Å². The summed E-state index contributed by atoms with van der Waals surface area (Å²) in [5, 5.41) is 13.6. The van der Waals surface area contributed by atoms with Crippen molar-refractivity contribution in [2.75, 3.05) is 27.2 Å². The van der Waals surface area contributed by atoms with Gasteiger partial charge in [-0.3, -0.25) is 9.59 Å². The van der Waals surface area contributed by atoms with E-state index in [0.29, 0.717) is 17.9 Å². The molecule has 1 heterocycles. The third-order valence-corrected chi connectivity index (χ3v) is 6.06. The van der Waals surface area contributed by atoms with E-state index in [1.54, 1.807) is 23.1 Å². The number of aryl methyl sites for hydroxylation is 1. The number of amides is 1. The normalized spacial score (nSPS) is 17.9. The molecule has 0 bridgehead atoms. The van der Waals surface area contributed by atoms with Crippen molar-refractivity contribution in [1.82, 2.24) is 4.90 Å². The summed E-state index contributed by atoms with van der Waals surface area (Å²) in [5.74, 6) is -1.06. The number of Topliss-reactive ketones (excluding diaryl/α,β-unsaturated/α-hetero) is 1. The van der Waals surface area contributed by atoms with Crippen LogP contribution in [0.5, 0.6) is 5.75 Å². The lowest BCUT2D eigenvalue weighted by Gasteiger charge is -2.28. The molecule has 1 N–H and O–H groups in total. The molecule has 176 valence electrons. The fourth-order valence-corrected chi connectivity index (χ4v) is 4.48. The number of likely N-dealkylation sites (tertiary alicyclic amines) is 1. The molecule has 0 radical (unpaired) electrons. The number of rotatable bonds is 8. The molecule has 7 heteroatoms. The van der Waals surface area contributed by atoms with E-state index in [-0.39, 0.29) is 11.7 Å². The van der Waals surface area contributed by atoms with Crippen LogP contribution in [0.1, 0.15) is 43.0 Å². The first-order valence-corrected chi connectivity index (χ1v) is 12.0. The summed E-state index contributed by atoms with van der Waals surface area (Å²) in [4.78, 5) is 28.9. The van der Waals surface area contributed by atoms with E-state index in [0.717, 1.165) is 28.6 Å². The molecule has 33 heavy (non-hydrogen) atoms. The number of benzene rings is 2. The van der Waals surface area contributed by atoms with E-state index in [1.165, 1.54) is 4.90 Å². The molecular formula is C26H31BrN2O4. The molecule has 0 aliphatic carbocycles. The lowest BCUT2D eigenvalue weighted by atomic mass is 9.94. The molecule has 1 aliphatic rings. The molecule has 1 fully saturated rings. The standard InChI is InChI=1S/C26H31BrN2O4/c1-16(2)33-21-11-10-19(14-17(21)3)24(30)22-23(18-8-6-9-20(27)15-18)29(26(32)25(22)31)13-7-12-28(4)5/h6,8-11,14-16,23,30H,7,12-13H2,1-5H3. The Balaban J connectivity index is 2.08. The molecular weight excluding hydrogens is 484 g/mol. The van der Waals surface area contributed by atoms with Crippen LogP contribution in [-0.4, -0.2) is 49.9 Å². The number of quaternary nitrogens is 1. The number of halogens is 1. The maximum Gasteiger partial charge on any atom is 0.295 e. The predicted molar refractivity (Wildman–Crippen MR) is 130 cm³/mol. The Kier molecular flexibility index (Phi) is 7.97. The largest absolute Gasteiger partial charge is 0.872 e. The van der Waals surface area contributed by atoms with Crippen LogP contribution in [0.25, 0.3) is 5.76 Å². The topological polar surface area (TPSA) is 74.1 Å². The molecule has 6 nitrogen and oxygen atoms in total. The van der Waals surface area contributed by atoms with Crippen molar-refractivity contribution in [3.63, 3.8) is 0 Å². The summed E-state index contributed by atoms with van der Waals surface area (Å²) in [6.07, 6.45) is 0.736. The molecule has 0 aromatic heterocycles. The Bertz CT molecular complexity index is 1080. The molecule has 0 saturated carbocycles. The minimum atomic E-state index is -0.720. The number of hydrogen-bond acceptors (Lipinski definition) is 4. The Morgan fingerprint density at radius 2 is 1.91 bits per heavy atom. The Morgan fingerprint density at radius 1 is 1.18 bits per heavy atom. The predicted octanol–water partition coefficient (Wildman–Crippen LogP) is 2.30. The minimum Gasteiger partial charge on any atom is -0.872 e. The van der Waals surface area contributed by atoms with E-state index >= 15 is 0 Å². The zero-order chi connectivity index (χ0) is 24.3. The maximum absolute atomic E-state index is 13.6. The first-order valence-electron chi connectivity index (χ1n) is 11.2. The molecule has 2 aromatic rings. The van der Waals surface area contributed by atoms with Gasteiger partial charge in [0.05, 0.1) is 32.8 Å². The van der Waals surface area contributed by atoms with Gasteiger partial charge in [0.25, 0.3) is 5.91 Å². The van der Waals surface area contributed by atoms with Gasteiger partial charge in [0, 0.05) is 23.0 Å². The average molecular weight is 515 g/mol. The fraction of sp³-hybridized carbons (Fsp3) is 0.385. The van der Waals surface area contributed by atoms with Gasteiger partial charge in [0.1, 0.15) is 5.75 Å². The smallest absolute Gasteiger partial charge is 0.295 e. The van der Waals surface area contributed by atoms with E-state index in [2.05, 4.69) is 15.9 Å². The first kappa shape index (κ1) is 25.0. The minimum absolute atomic E-state index is 0.00660. The van der Waals surface area contributed by atoms with Crippen LogP contribution in [0.2, 0.25) is 0 Å². The van der Waals surface area contributed by atoms with Gasteiger partial charge in [0.2, 0.25) is 5.78 Å². The van der Waals surface area contributed by atoms with Gasteiger partial charge in [0.15, 0.2) is 0 Å². The van der Waals surface area contributed by atoms with Crippen molar-refractivity contribution in [3.05, 3.63) is 69.2 Å². The second-order valence-corrected chi connectivity index (χ2v) is 9.90. The van der Waals surface area contributed by atoms with Crippen molar-refractivity contribution >= 4 is 33.4 Å². The number of carbonyl (C=O) groups excluding carboxylic acids is 2. The summed E-state index contributed by atoms with van der Waals surface area (Å²) in [6, 6.07) is 11.9. The summed E-state index contributed by atoms with van der Waals surface area (Å²) in [6.45, 7) is 6.99. The lowest BCUT2D eigenvalue weighted by molar-refractivity contribution is -0.858. The summed E-state index contributed by atoms with van der Waals surface area (Å²) in [5.41, 5.74) is 1.92. The number of nitrogens with zero attached hydrogens (tertiary/aromatic N) is 1. The maximum atomic E-state index is 13.6. The van der Waals surface area contributed by atoms with Gasteiger partial charge >= 0.3 is 0 Å². The van der Waals surface area contributed by atoms with Crippen molar-refractivity contribution in [2.45, 2.75) is 39.3 Å². The number of carbonyl (C=O) groups is 2. The van der Waals surface area contributed by atoms with Crippen LogP contribution in [0.3, 0.4) is 0 Å². The van der Waals surface area contributed by atoms with Gasteiger partial charge in [-0.05, 0) is 61.7 Å². The zero-order valence-corrected chi connectivity index (χ0v) is 21.4. The van der Waals surface area contributed by atoms with Crippen molar-refractivity contribution in [2.24, 2.45) is 0 Å². The summed E-state index contributed by atoms with van der Waals surface area (Å²) in [7, 11) is 4.08. The average Bonchev–Trinajstić information content (AvgIpc) is 2.99. The molecule has 1 saturated heterocycles. The highest BCUT2D eigenvalue weighted by Crippen LogP contribution is 2.39. The molecule has 1 unspecified atom stereocenters. The summed E-state index contributed by atoms with van der Waals surface area (Å²) >= 11 is 3.47. The van der Waals surface area contributed by atoms with Gasteiger partial charge in [-0.15, -0.1) is 0 Å². The zero-order valence-electron chi connectivity index (χ0n) is 19.8. The highest BCUT2D eigenvalue weighted by Gasteiger charge is 2.44. The van der Waals surface area contributed by atoms with Crippen molar-refractivity contribution in [3.8, 4) is 5.75 Å². The lowest BCUT2D eigenvalue weighted by Crippen LogP contribution is -3.05.